The normalized spacial score (nSPS) is 23.0. The van der Waals surface area contributed by atoms with Crippen molar-refractivity contribution >= 4 is 22.2 Å². The zero-order chi connectivity index (χ0) is 17.1. The largest absolute Gasteiger partial charge is 0.315 e. The van der Waals surface area contributed by atoms with Crippen molar-refractivity contribution < 1.29 is 4.79 Å². The molecule has 1 aromatic heterocycles. The molecule has 0 bridgehead atoms. The van der Waals surface area contributed by atoms with Gasteiger partial charge in [0, 0.05) is 11.4 Å². The monoisotopic (exact) mass is 345 g/mol. The fourth-order valence-electron chi connectivity index (χ4n) is 3.91. The average molecular weight is 346 g/mol. The number of carbonyl (C=O) groups excluding carboxylic acids is 1. The number of rotatable bonds is 3. The van der Waals surface area contributed by atoms with Crippen molar-refractivity contribution in [1.29, 1.82) is 5.26 Å². The van der Waals surface area contributed by atoms with Gasteiger partial charge in [-0.15, -0.1) is 11.3 Å². The second-order valence-electron chi connectivity index (χ2n) is 7.29. The zero-order valence-corrected chi connectivity index (χ0v) is 15.5. The molecule has 3 rings (SSSR count). The predicted octanol–water partition coefficient (Wildman–Crippen LogP) is 3.95. The molecule has 2 heterocycles. The zero-order valence-electron chi connectivity index (χ0n) is 14.7. The molecule has 130 valence electrons. The fourth-order valence-corrected chi connectivity index (χ4v) is 5.15. The SMILES string of the molecule is C[C@@H]1CCCN([C@H](C)C(=O)Nc2sc3c(c2C#N)CCCCC3)C1. The topological polar surface area (TPSA) is 56.1 Å². The van der Waals surface area contributed by atoms with Crippen LogP contribution in [-0.4, -0.2) is 29.9 Å². The molecule has 2 atom stereocenters. The average Bonchev–Trinajstić information content (AvgIpc) is 2.74. The van der Waals surface area contributed by atoms with Crippen LogP contribution in [0, 0.1) is 17.2 Å². The lowest BCUT2D eigenvalue weighted by atomic mass is 9.99. The summed E-state index contributed by atoms with van der Waals surface area (Å²) in [5, 5.41) is 13.4. The molecule has 24 heavy (non-hydrogen) atoms. The lowest BCUT2D eigenvalue weighted by molar-refractivity contribution is -0.121. The molecule has 1 amide bonds. The van der Waals surface area contributed by atoms with Gasteiger partial charge in [-0.3, -0.25) is 9.69 Å². The van der Waals surface area contributed by atoms with Gasteiger partial charge >= 0.3 is 0 Å². The summed E-state index contributed by atoms with van der Waals surface area (Å²) in [4.78, 5) is 16.3. The van der Waals surface area contributed by atoms with Gasteiger partial charge in [-0.1, -0.05) is 13.3 Å². The number of hydrogen-bond acceptors (Lipinski definition) is 4. The molecule has 1 aliphatic heterocycles. The summed E-state index contributed by atoms with van der Waals surface area (Å²) in [5.41, 5.74) is 1.90. The maximum absolute atomic E-state index is 12.7. The van der Waals surface area contributed by atoms with Crippen LogP contribution in [0.4, 0.5) is 5.00 Å². The lowest BCUT2D eigenvalue weighted by Gasteiger charge is -2.34. The summed E-state index contributed by atoms with van der Waals surface area (Å²) < 4.78 is 0. The highest BCUT2D eigenvalue weighted by atomic mass is 32.1. The Bertz CT molecular complexity index is 646. The van der Waals surface area contributed by atoms with Gasteiger partial charge in [0.1, 0.15) is 11.1 Å². The van der Waals surface area contributed by atoms with Crippen LogP contribution in [0.1, 0.15) is 62.0 Å². The molecule has 1 N–H and O–H groups in total. The van der Waals surface area contributed by atoms with Crippen molar-refractivity contribution in [1.82, 2.24) is 4.90 Å². The number of amides is 1. The number of nitrogens with zero attached hydrogens (tertiary/aromatic N) is 2. The summed E-state index contributed by atoms with van der Waals surface area (Å²) in [6.45, 7) is 6.21. The predicted molar refractivity (Wildman–Crippen MR) is 98.4 cm³/mol. The Labute approximate surface area is 148 Å². The van der Waals surface area contributed by atoms with E-state index in [0.717, 1.165) is 43.8 Å². The van der Waals surface area contributed by atoms with Gasteiger partial charge in [0.25, 0.3) is 0 Å². The van der Waals surface area contributed by atoms with Gasteiger partial charge < -0.3 is 5.32 Å². The third kappa shape index (κ3) is 3.65. The van der Waals surface area contributed by atoms with Crippen molar-refractivity contribution in [3.63, 3.8) is 0 Å². The second-order valence-corrected chi connectivity index (χ2v) is 8.39. The van der Waals surface area contributed by atoms with E-state index in [2.05, 4.69) is 23.2 Å². The number of piperidine rings is 1. The van der Waals surface area contributed by atoms with Crippen LogP contribution >= 0.6 is 11.3 Å². The Morgan fingerprint density at radius 3 is 2.88 bits per heavy atom. The molecule has 0 spiro atoms. The summed E-state index contributed by atoms with van der Waals surface area (Å²) in [6, 6.07) is 2.21. The van der Waals surface area contributed by atoms with E-state index in [0.29, 0.717) is 11.5 Å². The first-order chi connectivity index (χ1) is 11.6. The van der Waals surface area contributed by atoms with E-state index in [9.17, 15) is 10.1 Å². The molecule has 0 aromatic carbocycles. The van der Waals surface area contributed by atoms with E-state index < -0.39 is 0 Å². The van der Waals surface area contributed by atoms with Gasteiger partial charge in [-0.2, -0.15) is 5.26 Å². The van der Waals surface area contributed by atoms with Crippen molar-refractivity contribution in [2.75, 3.05) is 18.4 Å². The smallest absolute Gasteiger partial charge is 0.242 e. The quantitative estimate of drug-likeness (QED) is 0.844. The Balaban J connectivity index is 1.73. The number of thiophene rings is 1. The third-order valence-electron chi connectivity index (χ3n) is 5.39. The molecule has 0 saturated carbocycles. The molecule has 0 unspecified atom stereocenters. The first kappa shape index (κ1) is 17.4. The second kappa shape index (κ2) is 7.67. The first-order valence-electron chi connectivity index (χ1n) is 9.19. The van der Waals surface area contributed by atoms with Gasteiger partial charge in [0.05, 0.1) is 11.6 Å². The Morgan fingerprint density at radius 1 is 1.33 bits per heavy atom. The van der Waals surface area contributed by atoms with Crippen molar-refractivity contribution in [2.24, 2.45) is 5.92 Å². The van der Waals surface area contributed by atoms with Crippen LogP contribution in [0.15, 0.2) is 0 Å². The van der Waals surface area contributed by atoms with Crippen molar-refractivity contribution in [3.05, 3.63) is 16.0 Å². The summed E-state index contributed by atoms with van der Waals surface area (Å²) in [5.74, 6) is 0.679. The summed E-state index contributed by atoms with van der Waals surface area (Å²) >= 11 is 1.62. The van der Waals surface area contributed by atoms with Crippen LogP contribution in [0.3, 0.4) is 0 Å². The Hall–Kier alpha value is -1.38. The molecule has 0 radical (unpaired) electrons. The van der Waals surface area contributed by atoms with E-state index in [-0.39, 0.29) is 11.9 Å². The van der Waals surface area contributed by atoms with E-state index in [1.54, 1.807) is 11.3 Å². The summed E-state index contributed by atoms with van der Waals surface area (Å²) in [7, 11) is 0. The number of nitrogens with one attached hydrogen (secondary N) is 1. The number of carbonyl (C=O) groups is 1. The Morgan fingerprint density at radius 2 is 2.12 bits per heavy atom. The molecule has 1 aromatic rings. The maximum atomic E-state index is 12.7. The molecule has 1 aliphatic carbocycles. The molecular formula is C19H27N3OS. The number of likely N-dealkylation sites (tertiary alicyclic amines) is 1. The molecule has 1 fully saturated rings. The van der Waals surface area contributed by atoms with E-state index in [1.807, 2.05) is 6.92 Å². The lowest BCUT2D eigenvalue weighted by Crippen LogP contribution is -2.46. The number of anilines is 1. The first-order valence-corrected chi connectivity index (χ1v) is 10.0. The van der Waals surface area contributed by atoms with Gasteiger partial charge in [-0.25, -0.2) is 0 Å². The third-order valence-corrected chi connectivity index (χ3v) is 6.59. The van der Waals surface area contributed by atoms with Crippen LogP contribution in [0.25, 0.3) is 0 Å². The molecule has 1 saturated heterocycles. The minimum atomic E-state index is -0.138. The molecule has 5 heteroatoms. The summed E-state index contributed by atoms with van der Waals surface area (Å²) in [6.07, 6.45) is 8.00. The number of aryl methyl sites for hydroxylation is 1. The van der Waals surface area contributed by atoms with E-state index in [4.69, 9.17) is 0 Å². The highest BCUT2D eigenvalue weighted by Crippen LogP contribution is 2.37. The van der Waals surface area contributed by atoms with Crippen LogP contribution in [0.5, 0.6) is 0 Å². The minimum absolute atomic E-state index is 0.0250. The van der Waals surface area contributed by atoms with Gasteiger partial charge in [-0.05, 0) is 63.5 Å². The van der Waals surface area contributed by atoms with E-state index >= 15 is 0 Å². The highest BCUT2D eigenvalue weighted by Gasteiger charge is 2.27. The fraction of sp³-hybridized carbons (Fsp3) is 0.684. The van der Waals surface area contributed by atoms with E-state index in [1.165, 1.54) is 29.7 Å². The van der Waals surface area contributed by atoms with Gasteiger partial charge in [0.15, 0.2) is 0 Å². The number of hydrogen-bond donors (Lipinski definition) is 1. The molecule has 4 nitrogen and oxygen atoms in total. The molecule has 2 aliphatic rings. The minimum Gasteiger partial charge on any atom is -0.315 e. The highest BCUT2D eigenvalue weighted by molar-refractivity contribution is 7.16. The van der Waals surface area contributed by atoms with Crippen LogP contribution in [0.2, 0.25) is 0 Å². The maximum Gasteiger partial charge on any atom is 0.242 e. The van der Waals surface area contributed by atoms with Crippen LogP contribution in [-0.2, 0) is 17.6 Å². The van der Waals surface area contributed by atoms with Gasteiger partial charge in [0.2, 0.25) is 5.91 Å². The number of fused-ring (bicyclic) bond motifs is 1. The van der Waals surface area contributed by atoms with Crippen molar-refractivity contribution in [3.8, 4) is 6.07 Å². The number of nitriles is 1. The van der Waals surface area contributed by atoms with Crippen LogP contribution < -0.4 is 5.32 Å². The molecular weight excluding hydrogens is 318 g/mol. The standard InChI is InChI=1S/C19H27N3OS/c1-13-7-6-10-22(12-13)14(2)18(23)21-19-16(11-20)15-8-4-3-5-9-17(15)24-19/h13-14H,3-10,12H2,1-2H3,(H,21,23)/t13-,14-/m1/s1. The Kier molecular flexibility index (Phi) is 5.57. The van der Waals surface area contributed by atoms with Crippen molar-refractivity contribution in [2.45, 2.75) is 64.8 Å².